The van der Waals surface area contributed by atoms with Crippen molar-refractivity contribution in [3.05, 3.63) is 59.7 Å². The summed E-state index contributed by atoms with van der Waals surface area (Å²) in [4.78, 5) is 27.3. The van der Waals surface area contributed by atoms with Crippen LogP contribution in [0.2, 0.25) is 0 Å². The summed E-state index contributed by atoms with van der Waals surface area (Å²) < 4.78 is 0. The number of hydrogen-bond acceptors (Lipinski definition) is 5. The first kappa shape index (κ1) is 17.2. The number of hydrogen-bond donors (Lipinski definition) is 1. The summed E-state index contributed by atoms with van der Waals surface area (Å²) in [7, 11) is 0. The Hall–Kier alpha value is -2.84. The molecule has 0 saturated heterocycles. The van der Waals surface area contributed by atoms with Crippen LogP contribution in [0, 0.1) is 0 Å². The number of aliphatic hydroxyl groups is 1. The van der Waals surface area contributed by atoms with Gasteiger partial charge in [-0.15, -0.1) is 0 Å². The SMILES string of the molecule is CCO.O=C=Nc1ccc(Cc2ccc(N=C=O)cc2)cc1. The first-order chi connectivity index (χ1) is 10.7. The standard InChI is InChI=1S/C15H10N2O2.C2H6O/c18-10-16-14-5-1-12(2-6-14)9-13-3-7-15(8-4-13)17-11-19;1-2-3/h1-8H,9H2;3H,2H2,1H3. The minimum absolute atomic E-state index is 0.250. The van der Waals surface area contributed by atoms with E-state index in [0.29, 0.717) is 11.4 Å². The lowest BCUT2D eigenvalue weighted by Gasteiger charge is -2.02. The van der Waals surface area contributed by atoms with Gasteiger partial charge in [-0.05, 0) is 48.7 Å². The van der Waals surface area contributed by atoms with Crippen LogP contribution < -0.4 is 0 Å². The number of nitrogens with zero attached hydrogens (tertiary/aromatic N) is 2. The highest BCUT2D eigenvalue weighted by Gasteiger charge is 1.97. The van der Waals surface area contributed by atoms with Crippen LogP contribution in [0.25, 0.3) is 0 Å². The van der Waals surface area contributed by atoms with Gasteiger partial charge in [0.15, 0.2) is 0 Å². The molecule has 22 heavy (non-hydrogen) atoms. The van der Waals surface area contributed by atoms with Crippen molar-refractivity contribution in [1.82, 2.24) is 0 Å². The van der Waals surface area contributed by atoms with Crippen LogP contribution in [0.1, 0.15) is 18.1 Å². The van der Waals surface area contributed by atoms with E-state index in [1.54, 1.807) is 31.2 Å². The highest BCUT2D eigenvalue weighted by Crippen LogP contribution is 2.17. The number of isocyanates is 2. The van der Waals surface area contributed by atoms with Crippen LogP contribution in [0.5, 0.6) is 0 Å². The van der Waals surface area contributed by atoms with Crippen molar-refractivity contribution >= 4 is 23.5 Å². The predicted molar refractivity (Wildman–Crippen MR) is 84.0 cm³/mol. The third kappa shape index (κ3) is 6.07. The largest absolute Gasteiger partial charge is 0.397 e. The number of aliphatic hydroxyl groups excluding tert-OH is 1. The average Bonchev–Trinajstić information content (AvgIpc) is 2.53. The summed E-state index contributed by atoms with van der Waals surface area (Å²) >= 11 is 0. The first-order valence-electron chi connectivity index (χ1n) is 6.68. The molecule has 0 atom stereocenters. The molecule has 0 amide bonds. The fraction of sp³-hybridized carbons (Fsp3) is 0.176. The van der Waals surface area contributed by atoms with Gasteiger partial charge in [0.2, 0.25) is 12.2 Å². The molecule has 0 spiro atoms. The Morgan fingerprint density at radius 3 is 1.41 bits per heavy atom. The molecule has 0 unspecified atom stereocenters. The summed E-state index contributed by atoms with van der Waals surface area (Å²) in [6.45, 7) is 1.93. The van der Waals surface area contributed by atoms with E-state index in [-0.39, 0.29) is 6.61 Å². The minimum atomic E-state index is 0.250. The highest BCUT2D eigenvalue weighted by molar-refractivity contribution is 5.51. The lowest BCUT2D eigenvalue weighted by molar-refractivity contribution is 0.318. The van der Waals surface area contributed by atoms with Crippen LogP contribution in [0.4, 0.5) is 11.4 Å². The molecule has 0 bridgehead atoms. The van der Waals surface area contributed by atoms with Crippen molar-refractivity contribution in [3.8, 4) is 0 Å². The Labute approximate surface area is 128 Å². The van der Waals surface area contributed by atoms with Gasteiger partial charge >= 0.3 is 0 Å². The summed E-state index contributed by atoms with van der Waals surface area (Å²) in [6, 6.07) is 14.7. The number of carbonyl (C=O) groups excluding carboxylic acids is 2. The lowest BCUT2D eigenvalue weighted by atomic mass is 10.0. The minimum Gasteiger partial charge on any atom is -0.397 e. The molecule has 2 aromatic carbocycles. The van der Waals surface area contributed by atoms with E-state index >= 15 is 0 Å². The maximum absolute atomic E-state index is 10.1. The van der Waals surface area contributed by atoms with Crippen LogP contribution in [-0.4, -0.2) is 23.9 Å². The van der Waals surface area contributed by atoms with Crippen LogP contribution in [0.15, 0.2) is 58.5 Å². The molecule has 5 nitrogen and oxygen atoms in total. The summed E-state index contributed by atoms with van der Waals surface area (Å²) in [6.07, 6.45) is 3.77. The quantitative estimate of drug-likeness (QED) is 0.695. The lowest BCUT2D eigenvalue weighted by Crippen LogP contribution is -1.86. The monoisotopic (exact) mass is 296 g/mol. The predicted octanol–water partition coefficient (Wildman–Crippen LogP) is 3.21. The highest BCUT2D eigenvalue weighted by atomic mass is 16.2. The molecule has 0 fully saturated rings. The van der Waals surface area contributed by atoms with E-state index in [4.69, 9.17) is 5.11 Å². The van der Waals surface area contributed by atoms with Gasteiger partial charge in [-0.25, -0.2) is 9.59 Å². The fourth-order valence-electron chi connectivity index (χ4n) is 1.72. The second kappa shape index (κ2) is 9.97. The van der Waals surface area contributed by atoms with E-state index < -0.39 is 0 Å². The molecule has 112 valence electrons. The summed E-state index contributed by atoms with van der Waals surface area (Å²) in [5, 5.41) is 7.57. The normalized spacial score (nSPS) is 8.82. The van der Waals surface area contributed by atoms with Gasteiger partial charge in [-0.3, -0.25) is 0 Å². The maximum Gasteiger partial charge on any atom is 0.240 e. The molecule has 0 aliphatic heterocycles. The van der Waals surface area contributed by atoms with Crippen molar-refractivity contribution < 1.29 is 14.7 Å². The molecule has 0 aromatic heterocycles. The molecule has 0 aliphatic carbocycles. The molecule has 5 heteroatoms. The molecule has 0 radical (unpaired) electrons. The molecule has 0 heterocycles. The van der Waals surface area contributed by atoms with Gasteiger partial charge in [-0.2, -0.15) is 9.98 Å². The van der Waals surface area contributed by atoms with Crippen LogP contribution >= 0.6 is 0 Å². The van der Waals surface area contributed by atoms with Gasteiger partial charge < -0.3 is 5.11 Å². The van der Waals surface area contributed by atoms with E-state index in [1.165, 1.54) is 12.2 Å². The number of rotatable bonds is 4. The Kier molecular flexibility index (Phi) is 7.80. The smallest absolute Gasteiger partial charge is 0.240 e. The second-order valence-electron chi connectivity index (χ2n) is 4.23. The van der Waals surface area contributed by atoms with E-state index in [1.807, 2.05) is 24.3 Å². The van der Waals surface area contributed by atoms with E-state index in [2.05, 4.69) is 9.98 Å². The Morgan fingerprint density at radius 2 is 1.14 bits per heavy atom. The Balaban J connectivity index is 0.000000745. The zero-order valence-electron chi connectivity index (χ0n) is 12.2. The van der Waals surface area contributed by atoms with E-state index in [0.717, 1.165) is 17.5 Å². The molecule has 1 N–H and O–H groups in total. The molecular formula is C17H16N2O3. The topological polar surface area (TPSA) is 79.1 Å². The Morgan fingerprint density at radius 1 is 0.818 bits per heavy atom. The van der Waals surface area contributed by atoms with Gasteiger partial charge in [0.25, 0.3) is 0 Å². The van der Waals surface area contributed by atoms with Crippen molar-refractivity contribution in [2.45, 2.75) is 13.3 Å². The third-order valence-corrected chi connectivity index (χ3v) is 2.63. The molecule has 2 aromatic rings. The molecule has 0 saturated carbocycles. The van der Waals surface area contributed by atoms with Gasteiger partial charge in [-0.1, -0.05) is 24.3 Å². The zero-order chi connectivity index (χ0) is 16.2. The van der Waals surface area contributed by atoms with Gasteiger partial charge in [0.05, 0.1) is 11.4 Å². The van der Waals surface area contributed by atoms with Crippen LogP contribution in [-0.2, 0) is 16.0 Å². The summed E-state index contributed by atoms with van der Waals surface area (Å²) in [5.41, 5.74) is 3.40. The summed E-state index contributed by atoms with van der Waals surface area (Å²) in [5.74, 6) is 0. The molecule has 2 rings (SSSR count). The van der Waals surface area contributed by atoms with Gasteiger partial charge in [0.1, 0.15) is 0 Å². The molecule has 0 aliphatic rings. The first-order valence-corrected chi connectivity index (χ1v) is 6.68. The number of benzene rings is 2. The van der Waals surface area contributed by atoms with Crippen molar-refractivity contribution in [1.29, 1.82) is 0 Å². The van der Waals surface area contributed by atoms with Crippen LogP contribution in [0.3, 0.4) is 0 Å². The van der Waals surface area contributed by atoms with E-state index in [9.17, 15) is 9.59 Å². The number of aliphatic imine (C=N–C) groups is 2. The van der Waals surface area contributed by atoms with Crippen molar-refractivity contribution in [2.75, 3.05) is 6.61 Å². The average molecular weight is 296 g/mol. The third-order valence-electron chi connectivity index (χ3n) is 2.63. The second-order valence-corrected chi connectivity index (χ2v) is 4.23. The fourth-order valence-corrected chi connectivity index (χ4v) is 1.72. The van der Waals surface area contributed by atoms with Crippen molar-refractivity contribution in [2.24, 2.45) is 9.98 Å². The molecular weight excluding hydrogens is 280 g/mol. The maximum atomic E-state index is 10.1. The Bertz CT molecular complexity index is 607. The van der Waals surface area contributed by atoms with Crippen molar-refractivity contribution in [3.63, 3.8) is 0 Å². The zero-order valence-corrected chi connectivity index (χ0v) is 12.2. The van der Waals surface area contributed by atoms with Gasteiger partial charge in [0, 0.05) is 6.61 Å².